The number of aromatic nitrogens is 2. The van der Waals surface area contributed by atoms with Gasteiger partial charge >= 0.3 is 5.97 Å². The van der Waals surface area contributed by atoms with E-state index in [-0.39, 0.29) is 5.75 Å². The molecule has 0 radical (unpaired) electrons. The molecule has 15 heavy (non-hydrogen) atoms. The summed E-state index contributed by atoms with van der Waals surface area (Å²) >= 11 is 1.28. The molecule has 1 rings (SSSR count). The third-order valence-electron chi connectivity index (χ3n) is 2.08. The molecule has 0 atom stereocenters. The second-order valence-corrected chi connectivity index (χ2v) is 4.31. The third-order valence-corrected chi connectivity index (χ3v) is 3.05. The minimum atomic E-state index is -0.803. The Morgan fingerprint density at radius 3 is 3.00 bits per heavy atom. The van der Waals surface area contributed by atoms with Gasteiger partial charge in [-0.2, -0.15) is 0 Å². The number of nitrogens with zero attached hydrogens (tertiary/aromatic N) is 2. The van der Waals surface area contributed by atoms with Gasteiger partial charge in [-0.1, -0.05) is 25.1 Å². The van der Waals surface area contributed by atoms with Crippen molar-refractivity contribution in [3.63, 3.8) is 0 Å². The van der Waals surface area contributed by atoms with Crippen LogP contribution in [0.25, 0.3) is 0 Å². The van der Waals surface area contributed by atoms with Gasteiger partial charge in [0.25, 0.3) is 0 Å². The summed E-state index contributed by atoms with van der Waals surface area (Å²) in [6.07, 6.45) is 4.01. The Bertz CT molecular complexity index is 336. The summed E-state index contributed by atoms with van der Waals surface area (Å²) in [6.45, 7) is 5.05. The highest BCUT2D eigenvalue weighted by molar-refractivity contribution is 7.99. The van der Waals surface area contributed by atoms with Gasteiger partial charge in [-0.3, -0.25) is 4.79 Å². The topological polar surface area (TPSA) is 55.1 Å². The molecule has 1 aromatic rings. The van der Waals surface area contributed by atoms with Crippen molar-refractivity contribution in [2.75, 3.05) is 5.75 Å². The van der Waals surface area contributed by atoms with E-state index in [2.05, 4.69) is 16.5 Å². The van der Waals surface area contributed by atoms with Crippen molar-refractivity contribution in [3.8, 4) is 0 Å². The third kappa shape index (κ3) is 3.58. The minimum absolute atomic E-state index is 0.0720. The first-order valence-corrected chi connectivity index (χ1v) is 6.00. The number of rotatable bonds is 6. The summed E-state index contributed by atoms with van der Waals surface area (Å²) in [6, 6.07) is 0. The Morgan fingerprint density at radius 1 is 1.67 bits per heavy atom. The van der Waals surface area contributed by atoms with Crippen molar-refractivity contribution in [2.24, 2.45) is 0 Å². The van der Waals surface area contributed by atoms with Gasteiger partial charge in [-0.15, -0.1) is 0 Å². The van der Waals surface area contributed by atoms with Crippen LogP contribution >= 0.6 is 11.8 Å². The molecule has 0 aliphatic heterocycles. The highest BCUT2D eigenvalue weighted by atomic mass is 32.2. The lowest BCUT2D eigenvalue weighted by atomic mass is 10.3. The van der Waals surface area contributed by atoms with Crippen LogP contribution in [0.15, 0.2) is 11.4 Å². The molecule has 5 heteroatoms. The van der Waals surface area contributed by atoms with E-state index in [4.69, 9.17) is 5.11 Å². The highest BCUT2D eigenvalue weighted by Gasteiger charge is 2.08. The molecule has 0 aliphatic rings. The molecule has 0 saturated heterocycles. The maximum Gasteiger partial charge on any atom is 0.313 e. The molecule has 0 saturated carbocycles. The lowest BCUT2D eigenvalue weighted by Crippen LogP contribution is -2.04. The molecular formula is C10H16N2O2S. The van der Waals surface area contributed by atoms with Gasteiger partial charge in [-0.05, 0) is 13.3 Å². The summed E-state index contributed by atoms with van der Waals surface area (Å²) < 4.78 is 2.08. The normalized spacial score (nSPS) is 10.5. The number of aryl methyl sites for hydroxylation is 1. The van der Waals surface area contributed by atoms with Crippen molar-refractivity contribution in [1.29, 1.82) is 0 Å². The molecule has 1 aromatic heterocycles. The first kappa shape index (κ1) is 12.1. The molecular weight excluding hydrogens is 212 g/mol. The van der Waals surface area contributed by atoms with Gasteiger partial charge in [0, 0.05) is 18.4 Å². The number of aliphatic carboxylic acids is 1. The van der Waals surface area contributed by atoms with Gasteiger partial charge in [0.2, 0.25) is 0 Å². The highest BCUT2D eigenvalue weighted by Crippen LogP contribution is 2.18. The zero-order chi connectivity index (χ0) is 11.3. The van der Waals surface area contributed by atoms with Gasteiger partial charge in [0.1, 0.15) is 0 Å². The van der Waals surface area contributed by atoms with E-state index in [1.807, 2.05) is 6.92 Å². The SMILES string of the molecule is CCCCn1c(C)cnc1SCC(=O)O. The van der Waals surface area contributed by atoms with Crippen LogP contribution in [-0.4, -0.2) is 26.4 Å². The Labute approximate surface area is 93.7 Å². The molecule has 0 bridgehead atoms. The number of carboxylic acids is 1. The smallest absolute Gasteiger partial charge is 0.313 e. The molecule has 0 amide bonds. The maximum atomic E-state index is 10.4. The minimum Gasteiger partial charge on any atom is -0.481 e. The van der Waals surface area contributed by atoms with Crippen LogP contribution in [0.4, 0.5) is 0 Å². The van der Waals surface area contributed by atoms with Crippen LogP contribution in [0.5, 0.6) is 0 Å². The fourth-order valence-corrected chi connectivity index (χ4v) is 2.04. The van der Waals surface area contributed by atoms with Crippen LogP contribution in [0.1, 0.15) is 25.5 Å². The van der Waals surface area contributed by atoms with E-state index in [1.54, 1.807) is 6.20 Å². The monoisotopic (exact) mass is 228 g/mol. The first-order chi connectivity index (χ1) is 7.15. The summed E-state index contributed by atoms with van der Waals surface area (Å²) in [5.41, 5.74) is 1.09. The molecule has 0 unspecified atom stereocenters. The van der Waals surface area contributed by atoms with E-state index < -0.39 is 5.97 Å². The van der Waals surface area contributed by atoms with Crippen molar-refractivity contribution < 1.29 is 9.90 Å². The number of unbranched alkanes of at least 4 members (excludes halogenated alkanes) is 1. The van der Waals surface area contributed by atoms with Crippen LogP contribution in [0.2, 0.25) is 0 Å². The van der Waals surface area contributed by atoms with E-state index in [0.717, 1.165) is 30.2 Å². The molecule has 84 valence electrons. The van der Waals surface area contributed by atoms with E-state index >= 15 is 0 Å². The summed E-state index contributed by atoms with van der Waals surface area (Å²) in [5.74, 6) is -0.731. The van der Waals surface area contributed by atoms with Gasteiger partial charge in [-0.25, -0.2) is 4.98 Å². The number of carboxylic acid groups (broad SMARTS) is 1. The van der Waals surface area contributed by atoms with Gasteiger partial charge < -0.3 is 9.67 Å². The van der Waals surface area contributed by atoms with E-state index in [0.29, 0.717) is 0 Å². The van der Waals surface area contributed by atoms with Crippen LogP contribution in [0, 0.1) is 6.92 Å². The Morgan fingerprint density at radius 2 is 2.40 bits per heavy atom. The maximum absolute atomic E-state index is 10.4. The number of hydrogen-bond acceptors (Lipinski definition) is 3. The molecule has 4 nitrogen and oxygen atoms in total. The molecule has 0 aromatic carbocycles. The second kappa shape index (κ2) is 5.80. The lowest BCUT2D eigenvalue weighted by molar-refractivity contribution is -0.133. The number of thioether (sulfide) groups is 1. The quantitative estimate of drug-likeness (QED) is 0.758. The average molecular weight is 228 g/mol. The van der Waals surface area contributed by atoms with Crippen LogP contribution in [-0.2, 0) is 11.3 Å². The standard InChI is InChI=1S/C10H16N2O2S/c1-3-4-5-12-8(2)6-11-10(12)15-7-9(13)14/h6H,3-5,7H2,1-2H3,(H,13,14). The fourth-order valence-electron chi connectivity index (χ4n) is 1.27. The molecule has 1 N–H and O–H groups in total. The largest absolute Gasteiger partial charge is 0.481 e. The number of hydrogen-bond donors (Lipinski definition) is 1. The van der Waals surface area contributed by atoms with E-state index in [9.17, 15) is 4.79 Å². The summed E-state index contributed by atoms with van der Waals surface area (Å²) in [4.78, 5) is 14.7. The van der Waals surface area contributed by atoms with E-state index in [1.165, 1.54) is 11.8 Å². The summed E-state index contributed by atoms with van der Waals surface area (Å²) in [5, 5.41) is 9.40. The van der Waals surface area contributed by atoms with Gasteiger partial charge in [0.05, 0.1) is 5.75 Å². The van der Waals surface area contributed by atoms with Crippen molar-refractivity contribution >= 4 is 17.7 Å². The van der Waals surface area contributed by atoms with Crippen LogP contribution in [0.3, 0.4) is 0 Å². The summed E-state index contributed by atoms with van der Waals surface area (Å²) in [7, 11) is 0. The Kier molecular flexibility index (Phi) is 4.68. The average Bonchev–Trinajstić information content (AvgIpc) is 2.53. The van der Waals surface area contributed by atoms with Crippen molar-refractivity contribution in [2.45, 2.75) is 38.4 Å². The molecule has 0 aliphatic carbocycles. The Hall–Kier alpha value is -0.970. The molecule has 0 spiro atoms. The first-order valence-electron chi connectivity index (χ1n) is 5.02. The fraction of sp³-hybridized carbons (Fsp3) is 0.600. The van der Waals surface area contributed by atoms with Gasteiger partial charge in [0.15, 0.2) is 5.16 Å². The second-order valence-electron chi connectivity index (χ2n) is 3.37. The van der Waals surface area contributed by atoms with Crippen LogP contribution < -0.4 is 0 Å². The predicted molar refractivity (Wildman–Crippen MR) is 60.2 cm³/mol. The number of carbonyl (C=O) groups is 1. The predicted octanol–water partition coefficient (Wildman–Crippen LogP) is 2.17. The Balaban J connectivity index is 2.65. The lowest BCUT2D eigenvalue weighted by Gasteiger charge is -2.07. The zero-order valence-electron chi connectivity index (χ0n) is 9.06. The molecule has 1 heterocycles. The van der Waals surface area contributed by atoms with Crippen molar-refractivity contribution in [3.05, 3.63) is 11.9 Å². The zero-order valence-corrected chi connectivity index (χ0v) is 9.88. The van der Waals surface area contributed by atoms with Crippen molar-refractivity contribution in [1.82, 2.24) is 9.55 Å². The molecule has 0 fully saturated rings. The number of imidazole rings is 1.